The third-order valence-electron chi connectivity index (χ3n) is 4.47. The number of ether oxygens (including phenoxy) is 1. The molecule has 0 unspecified atom stereocenters. The molecule has 0 saturated carbocycles. The Kier molecular flexibility index (Phi) is 6.73. The van der Waals surface area contributed by atoms with Crippen molar-refractivity contribution in [2.45, 2.75) is 25.3 Å². The molecule has 0 spiro atoms. The SMILES string of the molecule is C#CCn1c(=NC(=O)c2ccccc2S(=O)(=O)CC)sc2cc(C(=O)OCC)ccc21. The van der Waals surface area contributed by atoms with Crippen molar-refractivity contribution in [3.63, 3.8) is 0 Å². The van der Waals surface area contributed by atoms with Gasteiger partial charge in [-0.25, -0.2) is 13.2 Å². The Balaban J connectivity index is 2.16. The number of aromatic nitrogens is 1. The minimum Gasteiger partial charge on any atom is -0.462 e. The number of carbonyl (C=O) groups excluding carboxylic acids is 2. The van der Waals surface area contributed by atoms with E-state index in [2.05, 4.69) is 10.9 Å². The first kappa shape index (κ1) is 22.5. The second-order valence-electron chi connectivity index (χ2n) is 6.39. The Labute approximate surface area is 183 Å². The fourth-order valence-electron chi connectivity index (χ4n) is 2.96. The van der Waals surface area contributed by atoms with Gasteiger partial charge in [0.1, 0.15) is 0 Å². The van der Waals surface area contributed by atoms with Gasteiger partial charge < -0.3 is 9.30 Å². The number of sulfone groups is 1. The average Bonchev–Trinajstić information content (AvgIpc) is 3.10. The van der Waals surface area contributed by atoms with Crippen molar-refractivity contribution in [1.29, 1.82) is 0 Å². The highest BCUT2D eigenvalue weighted by molar-refractivity contribution is 7.91. The molecule has 160 valence electrons. The zero-order valence-electron chi connectivity index (χ0n) is 17.0. The van der Waals surface area contributed by atoms with Gasteiger partial charge in [0.05, 0.1) is 45.1 Å². The van der Waals surface area contributed by atoms with Crippen LogP contribution in [0.1, 0.15) is 34.6 Å². The van der Waals surface area contributed by atoms with Crippen molar-refractivity contribution < 1.29 is 22.7 Å². The zero-order valence-corrected chi connectivity index (χ0v) is 18.6. The first-order chi connectivity index (χ1) is 14.8. The van der Waals surface area contributed by atoms with Gasteiger partial charge in [0.2, 0.25) is 0 Å². The number of hydrogen-bond donors (Lipinski definition) is 0. The molecule has 3 aromatic rings. The molecule has 31 heavy (non-hydrogen) atoms. The van der Waals surface area contributed by atoms with E-state index in [0.29, 0.717) is 20.6 Å². The van der Waals surface area contributed by atoms with Crippen molar-refractivity contribution in [2.75, 3.05) is 12.4 Å². The highest BCUT2D eigenvalue weighted by Crippen LogP contribution is 2.21. The summed E-state index contributed by atoms with van der Waals surface area (Å²) in [4.78, 5) is 29.4. The molecular formula is C22H20N2O5S2. The summed E-state index contributed by atoms with van der Waals surface area (Å²) in [6.07, 6.45) is 5.49. The summed E-state index contributed by atoms with van der Waals surface area (Å²) in [5, 5.41) is 0. The van der Waals surface area contributed by atoms with Gasteiger partial charge in [0.15, 0.2) is 14.6 Å². The van der Waals surface area contributed by atoms with Crippen LogP contribution in [-0.4, -0.2) is 37.2 Å². The number of amides is 1. The number of esters is 1. The highest BCUT2D eigenvalue weighted by atomic mass is 32.2. The standard InChI is InChI=1S/C22H20N2O5S2/c1-4-13-24-17-12-11-15(21(26)29-5-2)14-18(17)30-22(24)23-20(25)16-9-7-8-10-19(16)31(27,28)6-3/h1,7-12,14H,5-6,13H2,2-3H3. The Bertz CT molecular complexity index is 1370. The fraction of sp³-hybridized carbons (Fsp3) is 0.227. The fourth-order valence-corrected chi connectivity index (χ4v) is 5.12. The van der Waals surface area contributed by atoms with E-state index >= 15 is 0 Å². The second kappa shape index (κ2) is 9.29. The molecule has 0 radical (unpaired) electrons. The van der Waals surface area contributed by atoms with Gasteiger partial charge in [0.25, 0.3) is 5.91 Å². The minimum absolute atomic E-state index is 0.00118. The lowest BCUT2D eigenvalue weighted by Gasteiger charge is -2.06. The van der Waals surface area contributed by atoms with Crippen molar-refractivity contribution in [3.05, 3.63) is 58.4 Å². The molecule has 1 aromatic heterocycles. The van der Waals surface area contributed by atoms with E-state index in [-0.39, 0.29) is 29.4 Å². The van der Waals surface area contributed by atoms with Gasteiger partial charge in [-0.3, -0.25) is 4.79 Å². The number of benzene rings is 2. The molecule has 0 aliphatic rings. The molecule has 3 rings (SSSR count). The van der Waals surface area contributed by atoms with Crippen molar-refractivity contribution in [3.8, 4) is 12.3 Å². The Hall–Kier alpha value is -3.22. The van der Waals surface area contributed by atoms with Crippen LogP contribution in [0.25, 0.3) is 10.2 Å². The van der Waals surface area contributed by atoms with Crippen molar-refractivity contribution >= 4 is 43.3 Å². The van der Waals surface area contributed by atoms with E-state index in [9.17, 15) is 18.0 Å². The van der Waals surface area contributed by atoms with Crippen LogP contribution in [0, 0.1) is 12.3 Å². The number of thiazole rings is 1. The molecule has 1 heterocycles. The molecule has 9 heteroatoms. The molecule has 1 amide bonds. The largest absolute Gasteiger partial charge is 0.462 e. The third-order valence-corrected chi connectivity index (χ3v) is 7.30. The van der Waals surface area contributed by atoms with Gasteiger partial charge in [-0.2, -0.15) is 4.99 Å². The van der Waals surface area contributed by atoms with Crippen LogP contribution in [-0.2, 0) is 21.1 Å². The van der Waals surface area contributed by atoms with Crippen molar-refractivity contribution in [2.24, 2.45) is 4.99 Å². The molecule has 0 saturated heterocycles. The first-order valence-corrected chi connectivity index (χ1v) is 11.9. The second-order valence-corrected chi connectivity index (χ2v) is 9.65. The summed E-state index contributed by atoms with van der Waals surface area (Å²) in [5.74, 6) is 1.26. The third kappa shape index (κ3) is 4.60. The number of rotatable bonds is 6. The monoisotopic (exact) mass is 456 g/mol. The van der Waals surface area contributed by atoms with Crippen molar-refractivity contribution in [1.82, 2.24) is 4.57 Å². The smallest absolute Gasteiger partial charge is 0.338 e. The number of hydrogen-bond acceptors (Lipinski definition) is 6. The predicted octanol–water partition coefficient (Wildman–Crippen LogP) is 3.05. The van der Waals surface area contributed by atoms with E-state index in [1.165, 1.54) is 30.4 Å². The summed E-state index contributed by atoms with van der Waals surface area (Å²) >= 11 is 1.18. The molecule has 2 aromatic carbocycles. The topological polar surface area (TPSA) is 94.8 Å². The Morgan fingerprint density at radius 3 is 2.61 bits per heavy atom. The molecule has 0 fully saturated rings. The van der Waals surface area contributed by atoms with Gasteiger partial charge in [-0.15, -0.1) is 6.42 Å². The number of nitrogens with zero attached hydrogens (tertiary/aromatic N) is 2. The summed E-state index contributed by atoms with van der Waals surface area (Å²) in [6, 6.07) is 11.0. The predicted molar refractivity (Wildman–Crippen MR) is 119 cm³/mol. The van der Waals surface area contributed by atoms with E-state index < -0.39 is 21.7 Å². The molecule has 0 atom stereocenters. The normalized spacial score (nSPS) is 12.0. The number of carbonyl (C=O) groups is 2. The van der Waals surface area contributed by atoms with Crippen LogP contribution in [0.2, 0.25) is 0 Å². The van der Waals surface area contributed by atoms with E-state index in [4.69, 9.17) is 11.2 Å². The van der Waals surface area contributed by atoms with Crippen LogP contribution in [0.4, 0.5) is 0 Å². The molecule has 7 nitrogen and oxygen atoms in total. The van der Waals surface area contributed by atoms with E-state index in [1.54, 1.807) is 41.8 Å². The summed E-state index contributed by atoms with van der Waals surface area (Å²) in [5.41, 5.74) is 1.08. The maximum Gasteiger partial charge on any atom is 0.338 e. The van der Waals surface area contributed by atoms with Crippen LogP contribution in [0.3, 0.4) is 0 Å². The maximum atomic E-state index is 12.9. The summed E-state index contributed by atoms with van der Waals surface area (Å²) in [6.45, 7) is 3.65. The van der Waals surface area contributed by atoms with Gasteiger partial charge in [-0.1, -0.05) is 36.3 Å². The average molecular weight is 457 g/mol. The molecule has 0 N–H and O–H groups in total. The zero-order chi connectivity index (χ0) is 22.6. The first-order valence-electron chi connectivity index (χ1n) is 9.47. The van der Waals surface area contributed by atoms with Gasteiger partial charge in [-0.05, 0) is 37.3 Å². The number of fused-ring (bicyclic) bond motifs is 1. The van der Waals surface area contributed by atoms with Gasteiger partial charge in [0, 0.05) is 0 Å². The summed E-state index contributed by atoms with van der Waals surface area (Å²) < 4.78 is 32.2. The van der Waals surface area contributed by atoms with Crippen LogP contribution in [0.15, 0.2) is 52.4 Å². The van der Waals surface area contributed by atoms with Crippen LogP contribution >= 0.6 is 11.3 Å². The lowest BCUT2D eigenvalue weighted by Crippen LogP contribution is -2.18. The molecular weight excluding hydrogens is 436 g/mol. The lowest BCUT2D eigenvalue weighted by molar-refractivity contribution is 0.0526. The Morgan fingerprint density at radius 2 is 1.94 bits per heavy atom. The lowest BCUT2D eigenvalue weighted by atomic mass is 10.2. The highest BCUT2D eigenvalue weighted by Gasteiger charge is 2.21. The number of terminal acetylenes is 1. The maximum absolute atomic E-state index is 12.9. The molecule has 0 aliphatic carbocycles. The van der Waals surface area contributed by atoms with Crippen LogP contribution in [0.5, 0.6) is 0 Å². The van der Waals surface area contributed by atoms with E-state index in [0.717, 1.165) is 0 Å². The summed E-state index contributed by atoms with van der Waals surface area (Å²) in [7, 11) is -3.60. The van der Waals surface area contributed by atoms with E-state index in [1.807, 2.05) is 0 Å². The minimum atomic E-state index is -3.60. The Morgan fingerprint density at radius 1 is 1.19 bits per heavy atom. The van der Waals surface area contributed by atoms with Crippen LogP contribution < -0.4 is 4.80 Å². The molecule has 0 aliphatic heterocycles. The van der Waals surface area contributed by atoms with Gasteiger partial charge >= 0.3 is 5.97 Å². The quantitative estimate of drug-likeness (QED) is 0.420. The molecule has 0 bridgehead atoms.